The molecule has 3 fully saturated rings. The van der Waals surface area contributed by atoms with Crippen molar-refractivity contribution in [3.8, 4) is 11.4 Å². The van der Waals surface area contributed by atoms with E-state index in [1.165, 1.54) is 43.5 Å². The fourth-order valence-electron chi connectivity index (χ4n) is 5.99. The Morgan fingerprint density at radius 1 is 1.03 bits per heavy atom. The molecule has 7 rings (SSSR count). The van der Waals surface area contributed by atoms with Crippen molar-refractivity contribution < 1.29 is 4.39 Å². The van der Waals surface area contributed by atoms with Crippen molar-refractivity contribution in [2.45, 2.75) is 52.5 Å². The van der Waals surface area contributed by atoms with E-state index in [-0.39, 0.29) is 5.82 Å². The van der Waals surface area contributed by atoms with E-state index < -0.39 is 0 Å². The summed E-state index contributed by atoms with van der Waals surface area (Å²) in [6.07, 6.45) is 8.36. The maximum atomic E-state index is 14.0. The highest BCUT2D eigenvalue weighted by Crippen LogP contribution is 2.46. The molecule has 2 bridgehead atoms. The van der Waals surface area contributed by atoms with Crippen molar-refractivity contribution in [3.05, 3.63) is 47.5 Å². The Morgan fingerprint density at radius 2 is 1.81 bits per heavy atom. The van der Waals surface area contributed by atoms with E-state index in [1.807, 2.05) is 6.20 Å². The van der Waals surface area contributed by atoms with Crippen molar-refractivity contribution in [2.24, 2.45) is 17.8 Å². The SMILES string of the molecule is Cc1ccc2c(NC3C4CCC(CC4)C3C)nc(-c3c[nH]c4ncc(F)cc34)nc2c1C. The lowest BCUT2D eigenvalue weighted by Crippen LogP contribution is -2.47. The van der Waals surface area contributed by atoms with Crippen molar-refractivity contribution in [2.75, 3.05) is 5.32 Å². The maximum absolute atomic E-state index is 14.0. The molecule has 0 aliphatic heterocycles. The molecule has 3 aliphatic carbocycles. The second-order valence-corrected chi connectivity index (χ2v) is 9.76. The van der Waals surface area contributed by atoms with Gasteiger partial charge in [-0.3, -0.25) is 0 Å². The van der Waals surface area contributed by atoms with Crippen molar-refractivity contribution in [1.29, 1.82) is 0 Å². The third kappa shape index (κ3) is 2.99. The molecule has 0 amide bonds. The van der Waals surface area contributed by atoms with Crippen molar-refractivity contribution in [1.82, 2.24) is 19.9 Å². The molecule has 0 spiro atoms. The molecule has 3 heterocycles. The summed E-state index contributed by atoms with van der Waals surface area (Å²) in [7, 11) is 0. The average molecular weight is 430 g/mol. The molecule has 1 aromatic carbocycles. The third-order valence-corrected chi connectivity index (χ3v) is 8.07. The van der Waals surface area contributed by atoms with Crippen LogP contribution in [0.2, 0.25) is 0 Å². The van der Waals surface area contributed by atoms with E-state index in [9.17, 15) is 4.39 Å². The number of nitrogens with zero attached hydrogens (tertiary/aromatic N) is 3. The number of halogens is 1. The first kappa shape index (κ1) is 19.6. The zero-order valence-corrected chi connectivity index (χ0v) is 18.7. The van der Waals surface area contributed by atoms with Gasteiger partial charge in [-0.15, -0.1) is 0 Å². The zero-order valence-electron chi connectivity index (χ0n) is 18.7. The van der Waals surface area contributed by atoms with Gasteiger partial charge >= 0.3 is 0 Å². The average Bonchev–Trinajstić information content (AvgIpc) is 3.22. The molecular weight excluding hydrogens is 401 g/mol. The summed E-state index contributed by atoms with van der Waals surface area (Å²) in [5.74, 6) is 3.25. The van der Waals surface area contributed by atoms with Gasteiger partial charge in [0.15, 0.2) is 5.82 Å². The van der Waals surface area contributed by atoms with E-state index >= 15 is 0 Å². The van der Waals surface area contributed by atoms with Crippen LogP contribution >= 0.6 is 0 Å². The number of anilines is 1. The monoisotopic (exact) mass is 429 g/mol. The molecule has 3 aromatic heterocycles. The number of aryl methyl sites for hydroxylation is 2. The largest absolute Gasteiger partial charge is 0.366 e. The summed E-state index contributed by atoms with van der Waals surface area (Å²) in [6, 6.07) is 6.21. The second kappa shape index (κ2) is 7.26. The Morgan fingerprint density at radius 3 is 2.59 bits per heavy atom. The van der Waals surface area contributed by atoms with Crippen LogP contribution in [0.3, 0.4) is 0 Å². The zero-order chi connectivity index (χ0) is 22.0. The number of H-pyrrole nitrogens is 1. The lowest BCUT2D eigenvalue weighted by atomic mass is 9.62. The molecule has 32 heavy (non-hydrogen) atoms. The quantitative estimate of drug-likeness (QED) is 0.409. The molecule has 6 heteroatoms. The van der Waals surface area contributed by atoms with Crippen LogP contribution in [0.4, 0.5) is 10.2 Å². The highest BCUT2D eigenvalue weighted by atomic mass is 19.1. The molecule has 0 saturated heterocycles. The van der Waals surface area contributed by atoms with E-state index in [4.69, 9.17) is 9.97 Å². The highest BCUT2D eigenvalue weighted by molar-refractivity contribution is 5.97. The molecule has 5 nitrogen and oxygen atoms in total. The summed E-state index contributed by atoms with van der Waals surface area (Å²) < 4.78 is 14.0. The lowest BCUT2D eigenvalue weighted by Gasteiger charge is -2.47. The maximum Gasteiger partial charge on any atom is 0.164 e. The first-order valence-electron chi connectivity index (χ1n) is 11.7. The van der Waals surface area contributed by atoms with Crippen molar-refractivity contribution >= 4 is 27.8 Å². The van der Waals surface area contributed by atoms with Gasteiger partial charge in [0.1, 0.15) is 17.3 Å². The molecule has 4 aromatic rings. The molecule has 2 unspecified atom stereocenters. The van der Waals surface area contributed by atoms with Gasteiger partial charge in [-0.25, -0.2) is 19.3 Å². The number of aromatic nitrogens is 4. The Labute approximate surface area is 186 Å². The molecule has 3 saturated carbocycles. The van der Waals surface area contributed by atoms with E-state index in [0.717, 1.165) is 33.8 Å². The summed E-state index contributed by atoms with van der Waals surface area (Å²) in [4.78, 5) is 17.3. The topological polar surface area (TPSA) is 66.5 Å². The van der Waals surface area contributed by atoms with E-state index in [0.29, 0.717) is 34.7 Å². The Balaban J connectivity index is 1.53. The fraction of sp³-hybridized carbons (Fsp3) is 0.423. The summed E-state index contributed by atoms with van der Waals surface area (Å²) in [5.41, 5.74) is 4.71. The van der Waals surface area contributed by atoms with Crippen LogP contribution in [0.25, 0.3) is 33.3 Å². The highest BCUT2D eigenvalue weighted by Gasteiger charge is 2.41. The molecule has 2 N–H and O–H groups in total. The third-order valence-electron chi connectivity index (χ3n) is 8.07. The number of nitrogens with one attached hydrogen (secondary N) is 2. The minimum atomic E-state index is -0.364. The summed E-state index contributed by atoms with van der Waals surface area (Å²) in [6.45, 7) is 6.61. The number of rotatable bonds is 3. The smallest absolute Gasteiger partial charge is 0.164 e. The van der Waals surface area contributed by atoms with Crippen LogP contribution in [-0.2, 0) is 0 Å². The van der Waals surface area contributed by atoms with E-state index in [2.05, 4.69) is 48.2 Å². The van der Waals surface area contributed by atoms with Crippen LogP contribution in [0.1, 0.15) is 43.7 Å². The minimum Gasteiger partial charge on any atom is -0.366 e. The van der Waals surface area contributed by atoms with Crippen LogP contribution < -0.4 is 5.32 Å². The van der Waals surface area contributed by atoms with Gasteiger partial charge in [0.25, 0.3) is 0 Å². The Kier molecular flexibility index (Phi) is 4.46. The summed E-state index contributed by atoms with van der Waals surface area (Å²) in [5, 5.41) is 5.61. The second-order valence-electron chi connectivity index (χ2n) is 9.76. The van der Waals surface area contributed by atoms with Gasteiger partial charge in [0, 0.05) is 28.6 Å². The standard InChI is InChI=1S/C26H28FN5/c1-13-4-9-19-23(14(13)2)31-26(21-12-29-24-20(21)10-18(27)11-28-24)32-25(19)30-22-15(3)16-5-7-17(22)8-6-16/h4,9-12,15-17,22H,5-8H2,1-3H3,(H,28,29)(H,30,31,32). The van der Waals surface area contributed by atoms with E-state index in [1.54, 1.807) is 0 Å². The normalized spacial score (nSPS) is 25.0. The van der Waals surface area contributed by atoms with Gasteiger partial charge in [-0.05, 0) is 80.5 Å². The minimum absolute atomic E-state index is 0.364. The van der Waals surface area contributed by atoms with Crippen LogP contribution in [0, 0.1) is 37.4 Å². The first-order valence-corrected chi connectivity index (χ1v) is 11.7. The molecule has 3 aliphatic rings. The van der Waals surface area contributed by atoms with Gasteiger partial charge in [-0.2, -0.15) is 0 Å². The molecule has 0 radical (unpaired) electrons. The number of hydrogen-bond donors (Lipinski definition) is 2. The molecular formula is C26H28FN5. The predicted octanol–water partition coefficient (Wildman–Crippen LogP) is 6.17. The van der Waals surface area contributed by atoms with Gasteiger partial charge in [-0.1, -0.05) is 13.0 Å². The van der Waals surface area contributed by atoms with Crippen molar-refractivity contribution in [3.63, 3.8) is 0 Å². The first-order chi connectivity index (χ1) is 15.5. The Hall–Kier alpha value is -3.02. The number of pyridine rings is 1. The summed E-state index contributed by atoms with van der Waals surface area (Å²) >= 11 is 0. The number of benzene rings is 1. The number of hydrogen-bond acceptors (Lipinski definition) is 4. The van der Waals surface area contributed by atoms with Crippen LogP contribution in [0.5, 0.6) is 0 Å². The van der Waals surface area contributed by atoms with Crippen LogP contribution in [-0.4, -0.2) is 26.0 Å². The number of aromatic amines is 1. The predicted molar refractivity (Wildman–Crippen MR) is 126 cm³/mol. The number of fused-ring (bicyclic) bond motifs is 5. The molecule has 164 valence electrons. The van der Waals surface area contributed by atoms with Gasteiger partial charge in [0.05, 0.1) is 11.7 Å². The lowest BCUT2D eigenvalue weighted by molar-refractivity contribution is 0.0929. The van der Waals surface area contributed by atoms with Crippen LogP contribution in [0.15, 0.2) is 30.6 Å². The van der Waals surface area contributed by atoms with Gasteiger partial charge < -0.3 is 10.3 Å². The fourth-order valence-corrected chi connectivity index (χ4v) is 5.99. The molecule has 2 atom stereocenters. The Bertz CT molecular complexity index is 1330. The van der Waals surface area contributed by atoms with Gasteiger partial charge in [0.2, 0.25) is 0 Å².